The molecule has 1 heterocycles. The van der Waals surface area contributed by atoms with Gasteiger partial charge >= 0.3 is 0 Å². The number of hydrogen-bond acceptors (Lipinski definition) is 3. The summed E-state index contributed by atoms with van der Waals surface area (Å²) in [5, 5.41) is 2.65. The number of carbonyl (C=O) groups is 2. The monoisotopic (exact) mass is 255 g/mol. The van der Waals surface area contributed by atoms with Crippen LogP contribution >= 0.6 is 0 Å². The van der Waals surface area contributed by atoms with Crippen molar-refractivity contribution in [3.63, 3.8) is 0 Å². The van der Waals surface area contributed by atoms with Crippen molar-refractivity contribution in [2.24, 2.45) is 17.6 Å². The Kier molecular flexibility index (Phi) is 5.59. The summed E-state index contributed by atoms with van der Waals surface area (Å²) in [6.07, 6.45) is 2.42. The van der Waals surface area contributed by atoms with Gasteiger partial charge in [0.1, 0.15) is 0 Å². The maximum absolute atomic E-state index is 12.2. The molecule has 0 aromatic rings. The lowest BCUT2D eigenvalue weighted by Crippen LogP contribution is -2.50. The van der Waals surface area contributed by atoms with Crippen LogP contribution in [0.3, 0.4) is 0 Å². The SMILES string of the molecule is CNC(=O)C1CCCN(C(=O)C(N)CC(C)C)C1. The molecule has 0 aliphatic carbocycles. The first-order valence-corrected chi connectivity index (χ1v) is 6.71. The quantitative estimate of drug-likeness (QED) is 0.761. The van der Waals surface area contributed by atoms with E-state index in [0.717, 1.165) is 19.4 Å². The number of amides is 2. The summed E-state index contributed by atoms with van der Waals surface area (Å²) >= 11 is 0. The van der Waals surface area contributed by atoms with Gasteiger partial charge in [0.05, 0.1) is 12.0 Å². The molecule has 2 atom stereocenters. The molecule has 0 saturated carbocycles. The van der Waals surface area contributed by atoms with Crippen LogP contribution in [0.4, 0.5) is 0 Å². The normalized spacial score (nSPS) is 21.8. The topological polar surface area (TPSA) is 75.4 Å². The third-order valence-electron chi connectivity index (χ3n) is 3.39. The van der Waals surface area contributed by atoms with Crippen LogP contribution in [-0.4, -0.2) is 42.9 Å². The molecule has 0 spiro atoms. The van der Waals surface area contributed by atoms with Crippen molar-refractivity contribution in [2.45, 2.75) is 39.2 Å². The Labute approximate surface area is 109 Å². The van der Waals surface area contributed by atoms with E-state index in [1.54, 1.807) is 11.9 Å². The Hall–Kier alpha value is -1.10. The molecule has 2 unspecified atom stereocenters. The van der Waals surface area contributed by atoms with Crippen LogP contribution in [0.2, 0.25) is 0 Å². The fraction of sp³-hybridized carbons (Fsp3) is 0.846. The zero-order chi connectivity index (χ0) is 13.7. The van der Waals surface area contributed by atoms with Gasteiger partial charge in [0.15, 0.2) is 0 Å². The van der Waals surface area contributed by atoms with Gasteiger partial charge in [-0.3, -0.25) is 9.59 Å². The van der Waals surface area contributed by atoms with Crippen molar-refractivity contribution in [1.29, 1.82) is 0 Å². The summed E-state index contributed by atoms with van der Waals surface area (Å²) in [4.78, 5) is 25.5. The lowest BCUT2D eigenvalue weighted by Gasteiger charge is -2.33. The van der Waals surface area contributed by atoms with Gasteiger partial charge in [-0.2, -0.15) is 0 Å². The molecule has 3 N–H and O–H groups in total. The lowest BCUT2D eigenvalue weighted by molar-refractivity contribution is -0.137. The number of piperidine rings is 1. The molecule has 104 valence electrons. The molecule has 1 rings (SSSR count). The number of hydrogen-bond donors (Lipinski definition) is 2. The first-order chi connectivity index (χ1) is 8.45. The zero-order valence-corrected chi connectivity index (χ0v) is 11.6. The van der Waals surface area contributed by atoms with E-state index in [1.165, 1.54) is 0 Å². The Morgan fingerprint density at radius 2 is 2.11 bits per heavy atom. The molecule has 0 radical (unpaired) electrons. The van der Waals surface area contributed by atoms with Crippen LogP contribution in [0, 0.1) is 11.8 Å². The minimum absolute atomic E-state index is 0.0164. The molecule has 1 saturated heterocycles. The molecule has 0 aromatic heterocycles. The maximum atomic E-state index is 12.2. The molecule has 1 aliphatic heterocycles. The van der Waals surface area contributed by atoms with E-state index in [2.05, 4.69) is 19.2 Å². The van der Waals surface area contributed by atoms with E-state index in [9.17, 15) is 9.59 Å². The zero-order valence-electron chi connectivity index (χ0n) is 11.6. The molecule has 0 aromatic carbocycles. The molecule has 5 heteroatoms. The number of carbonyl (C=O) groups excluding carboxylic acids is 2. The summed E-state index contributed by atoms with van der Waals surface area (Å²) < 4.78 is 0. The van der Waals surface area contributed by atoms with Gasteiger partial charge in [-0.05, 0) is 25.2 Å². The van der Waals surface area contributed by atoms with E-state index in [0.29, 0.717) is 18.9 Å². The number of nitrogens with zero attached hydrogens (tertiary/aromatic N) is 1. The van der Waals surface area contributed by atoms with Crippen molar-refractivity contribution in [3.8, 4) is 0 Å². The molecular weight excluding hydrogens is 230 g/mol. The van der Waals surface area contributed by atoms with Gasteiger partial charge in [0, 0.05) is 20.1 Å². The second-order valence-corrected chi connectivity index (χ2v) is 5.47. The van der Waals surface area contributed by atoms with Gasteiger partial charge in [0.2, 0.25) is 11.8 Å². The fourth-order valence-corrected chi connectivity index (χ4v) is 2.44. The highest BCUT2D eigenvalue weighted by molar-refractivity contribution is 5.83. The van der Waals surface area contributed by atoms with E-state index in [4.69, 9.17) is 5.73 Å². The summed E-state index contributed by atoms with van der Waals surface area (Å²) in [6, 6.07) is -0.437. The Morgan fingerprint density at radius 1 is 1.44 bits per heavy atom. The predicted molar refractivity (Wildman–Crippen MR) is 70.8 cm³/mol. The van der Waals surface area contributed by atoms with Crippen LogP contribution in [0.5, 0.6) is 0 Å². The standard InChI is InChI=1S/C13H25N3O2/c1-9(2)7-11(14)13(18)16-6-4-5-10(8-16)12(17)15-3/h9-11H,4-8,14H2,1-3H3,(H,15,17). The molecule has 2 amide bonds. The minimum Gasteiger partial charge on any atom is -0.359 e. The molecule has 18 heavy (non-hydrogen) atoms. The summed E-state index contributed by atoms with van der Waals surface area (Å²) in [7, 11) is 1.63. The molecular formula is C13H25N3O2. The maximum Gasteiger partial charge on any atom is 0.239 e. The van der Waals surface area contributed by atoms with E-state index >= 15 is 0 Å². The van der Waals surface area contributed by atoms with Crippen LogP contribution in [-0.2, 0) is 9.59 Å². The third kappa shape index (κ3) is 3.98. The molecule has 5 nitrogen and oxygen atoms in total. The second-order valence-electron chi connectivity index (χ2n) is 5.47. The van der Waals surface area contributed by atoms with E-state index in [-0.39, 0.29) is 17.7 Å². The van der Waals surface area contributed by atoms with Crippen molar-refractivity contribution >= 4 is 11.8 Å². The third-order valence-corrected chi connectivity index (χ3v) is 3.39. The highest BCUT2D eigenvalue weighted by Gasteiger charge is 2.30. The number of rotatable bonds is 4. The van der Waals surface area contributed by atoms with Gasteiger partial charge in [-0.25, -0.2) is 0 Å². The number of nitrogens with one attached hydrogen (secondary N) is 1. The number of likely N-dealkylation sites (tertiary alicyclic amines) is 1. The summed E-state index contributed by atoms with van der Waals surface area (Å²) in [6.45, 7) is 5.33. The molecule has 1 fully saturated rings. The highest BCUT2D eigenvalue weighted by atomic mass is 16.2. The average Bonchev–Trinajstić information content (AvgIpc) is 2.36. The minimum atomic E-state index is -0.437. The first kappa shape index (κ1) is 15.0. The van der Waals surface area contributed by atoms with E-state index < -0.39 is 6.04 Å². The van der Waals surface area contributed by atoms with Gasteiger partial charge in [-0.15, -0.1) is 0 Å². The van der Waals surface area contributed by atoms with Gasteiger partial charge in [0.25, 0.3) is 0 Å². The highest BCUT2D eigenvalue weighted by Crippen LogP contribution is 2.18. The van der Waals surface area contributed by atoms with Crippen molar-refractivity contribution < 1.29 is 9.59 Å². The lowest BCUT2D eigenvalue weighted by atomic mass is 9.95. The number of nitrogens with two attached hydrogens (primary N) is 1. The van der Waals surface area contributed by atoms with Crippen molar-refractivity contribution in [1.82, 2.24) is 10.2 Å². The largest absolute Gasteiger partial charge is 0.359 e. The predicted octanol–water partition coefficient (Wildman–Crippen LogP) is 0.344. The Morgan fingerprint density at radius 3 is 2.67 bits per heavy atom. The first-order valence-electron chi connectivity index (χ1n) is 6.71. The summed E-state index contributed by atoms with van der Waals surface area (Å²) in [5.41, 5.74) is 5.91. The van der Waals surface area contributed by atoms with Gasteiger partial charge in [-0.1, -0.05) is 13.8 Å². The Balaban J connectivity index is 2.55. The van der Waals surface area contributed by atoms with E-state index in [1.807, 2.05) is 0 Å². The molecule has 1 aliphatic rings. The van der Waals surface area contributed by atoms with Crippen LogP contribution in [0.1, 0.15) is 33.1 Å². The van der Waals surface area contributed by atoms with Crippen LogP contribution in [0.15, 0.2) is 0 Å². The van der Waals surface area contributed by atoms with Crippen LogP contribution < -0.4 is 11.1 Å². The van der Waals surface area contributed by atoms with Crippen molar-refractivity contribution in [2.75, 3.05) is 20.1 Å². The average molecular weight is 255 g/mol. The van der Waals surface area contributed by atoms with Crippen molar-refractivity contribution in [3.05, 3.63) is 0 Å². The summed E-state index contributed by atoms with van der Waals surface area (Å²) in [5.74, 6) is 0.324. The smallest absolute Gasteiger partial charge is 0.239 e. The fourth-order valence-electron chi connectivity index (χ4n) is 2.44. The Bertz CT molecular complexity index is 305. The van der Waals surface area contributed by atoms with Crippen LogP contribution in [0.25, 0.3) is 0 Å². The van der Waals surface area contributed by atoms with Gasteiger partial charge < -0.3 is 16.0 Å². The molecule has 0 bridgehead atoms. The second kappa shape index (κ2) is 6.73.